The van der Waals surface area contributed by atoms with Gasteiger partial charge in [-0.25, -0.2) is 5.43 Å². The molecule has 1 N–H and O–H groups in total. The van der Waals surface area contributed by atoms with Gasteiger partial charge in [0.15, 0.2) is 6.61 Å². The molecule has 1 amide bonds. The van der Waals surface area contributed by atoms with E-state index < -0.39 is 10.8 Å². The fourth-order valence-corrected chi connectivity index (χ4v) is 2.01. The van der Waals surface area contributed by atoms with Crippen LogP contribution >= 0.6 is 11.6 Å². The SMILES string of the molecule is Cc1ccccc1OCC(=O)NN=Cc1ccc(Cl)c([N+](=O)[O-])c1. The Morgan fingerprint density at radius 3 is 2.83 bits per heavy atom. The molecule has 0 fully saturated rings. The second kappa shape index (κ2) is 8.07. The van der Waals surface area contributed by atoms with Crippen LogP contribution in [0, 0.1) is 17.0 Å². The lowest BCUT2D eigenvalue weighted by Gasteiger charge is -2.07. The van der Waals surface area contributed by atoms with Crippen molar-refractivity contribution in [1.82, 2.24) is 5.43 Å². The number of halogens is 1. The van der Waals surface area contributed by atoms with Crippen molar-refractivity contribution in [3.05, 3.63) is 68.7 Å². The minimum Gasteiger partial charge on any atom is -0.483 e. The Balaban J connectivity index is 1.90. The van der Waals surface area contributed by atoms with E-state index in [0.29, 0.717) is 11.3 Å². The smallest absolute Gasteiger partial charge is 0.288 e. The molecule has 0 saturated carbocycles. The first-order valence-electron chi connectivity index (χ1n) is 6.91. The fourth-order valence-electron chi connectivity index (χ4n) is 1.82. The van der Waals surface area contributed by atoms with Gasteiger partial charge in [-0.1, -0.05) is 35.9 Å². The van der Waals surface area contributed by atoms with Crippen LogP contribution in [0.1, 0.15) is 11.1 Å². The van der Waals surface area contributed by atoms with Gasteiger partial charge in [-0.3, -0.25) is 14.9 Å². The molecular weight excluding hydrogens is 334 g/mol. The highest BCUT2D eigenvalue weighted by Crippen LogP contribution is 2.24. The Morgan fingerprint density at radius 1 is 1.38 bits per heavy atom. The van der Waals surface area contributed by atoms with E-state index in [1.54, 1.807) is 12.1 Å². The minimum atomic E-state index is -0.589. The zero-order valence-corrected chi connectivity index (χ0v) is 13.5. The first-order chi connectivity index (χ1) is 11.5. The summed E-state index contributed by atoms with van der Waals surface area (Å²) in [5.41, 5.74) is 3.41. The van der Waals surface area contributed by atoms with Crippen molar-refractivity contribution in [3.63, 3.8) is 0 Å². The molecule has 8 heteroatoms. The number of amides is 1. The number of hydrogen-bond donors (Lipinski definition) is 1. The number of para-hydroxylation sites is 1. The van der Waals surface area contributed by atoms with Gasteiger partial charge in [0, 0.05) is 11.6 Å². The van der Waals surface area contributed by atoms with Gasteiger partial charge in [0.05, 0.1) is 11.1 Å². The number of aryl methyl sites for hydroxylation is 1. The van der Waals surface area contributed by atoms with Crippen LogP contribution < -0.4 is 10.2 Å². The average Bonchev–Trinajstić information content (AvgIpc) is 2.55. The summed E-state index contributed by atoms with van der Waals surface area (Å²) in [6, 6.07) is 11.5. The Morgan fingerprint density at radius 2 is 2.12 bits per heavy atom. The first-order valence-corrected chi connectivity index (χ1v) is 7.29. The zero-order chi connectivity index (χ0) is 17.5. The predicted molar refractivity (Wildman–Crippen MR) is 90.5 cm³/mol. The maximum Gasteiger partial charge on any atom is 0.288 e. The highest BCUT2D eigenvalue weighted by molar-refractivity contribution is 6.32. The number of hydrazone groups is 1. The van der Waals surface area contributed by atoms with Crippen molar-refractivity contribution < 1.29 is 14.5 Å². The van der Waals surface area contributed by atoms with Gasteiger partial charge >= 0.3 is 0 Å². The number of carbonyl (C=O) groups is 1. The van der Waals surface area contributed by atoms with E-state index >= 15 is 0 Å². The number of nitrogens with one attached hydrogen (secondary N) is 1. The van der Waals surface area contributed by atoms with Crippen molar-refractivity contribution in [3.8, 4) is 5.75 Å². The summed E-state index contributed by atoms with van der Waals surface area (Å²) < 4.78 is 5.37. The number of nitro groups is 1. The number of ether oxygens (including phenoxy) is 1. The number of nitrogens with zero attached hydrogens (tertiary/aromatic N) is 2. The highest BCUT2D eigenvalue weighted by atomic mass is 35.5. The molecule has 0 saturated heterocycles. The molecule has 0 spiro atoms. The highest BCUT2D eigenvalue weighted by Gasteiger charge is 2.11. The standard InChI is InChI=1S/C16H14ClN3O4/c1-11-4-2-3-5-15(11)24-10-16(21)19-18-9-12-6-7-13(17)14(8-12)20(22)23/h2-9H,10H2,1H3,(H,19,21). The average molecular weight is 348 g/mol. The maximum atomic E-state index is 11.7. The molecule has 0 aromatic heterocycles. The lowest BCUT2D eigenvalue weighted by molar-refractivity contribution is -0.384. The number of carbonyl (C=O) groups excluding carboxylic acids is 1. The predicted octanol–water partition coefficient (Wildman–Crippen LogP) is 3.09. The topological polar surface area (TPSA) is 93.8 Å². The van der Waals surface area contributed by atoms with Gasteiger partial charge in [0.2, 0.25) is 0 Å². The lowest BCUT2D eigenvalue weighted by Crippen LogP contribution is -2.24. The first kappa shape index (κ1) is 17.4. The molecule has 0 heterocycles. The van der Waals surface area contributed by atoms with E-state index in [2.05, 4.69) is 10.5 Å². The van der Waals surface area contributed by atoms with Crippen molar-refractivity contribution in [2.24, 2.45) is 5.10 Å². The molecule has 0 aliphatic heterocycles. The van der Waals surface area contributed by atoms with Gasteiger partial charge in [-0.05, 0) is 24.6 Å². The summed E-state index contributed by atoms with van der Waals surface area (Å²) in [6.45, 7) is 1.68. The molecule has 0 unspecified atom stereocenters. The molecule has 2 aromatic rings. The normalized spacial score (nSPS) is 10.6. The Hall–Kier alpha value is -2.93. The van der Waals surface area contributed by atoms with Gasteiger partial charge in [-0.2, -0.15) is 5.10 Å². The van der Waals surface area contributed by atoms with Gasteiger partial charge in [0.1, 0.15) is 10.8 Å². The third-order valence-corrected chi connectivity index (χ3v) is 3.34. The Kier molecular flexibility index (Phi) is 5.86. The molecular formula is C16H14ClN3O4. The van der Waals surface area contributed by atoms with Gasteiger partial charge in [-0.15, -0.1) is 0 Å². The van der Waals surface area contributed by atoms with Crippen molar-refractivity contribution in [1.29, 1.82) is 0 Å². The Bertz CT molecular complexity index is 793. The molecule has 0 aliphatic carbocycles. The molecule has 0 aliphatic rings. The van der Waals surface area contributed by atoms with Crippen LogP contribution in [-0.2, 0) is 4.79 Å². The van der Waals surface area contributed by atoms with E-state index in [1.165, 1.54) is 18.3 Å². The van der Waals surface area contributed by atoms with E-state index in [-0.39, 0.29) is 17.3 Å². The molecule has 24 heavy (non-hydrogen) atoms. The number of rotatable bonds is 6. The molecule has 2 rings (SSSR count). The second-order valence-corrected chi connectivity index (χ2v) is 5.22. The van der Waals surface area contributed by atoms with Gasteiger partial charge in [0.25, 0.3) is 11.6 Å². The van der Waals surface area contributed by atoms with E-state index in [1.807, 2.05) is 25.1 Å². The van der Waals surface area contributed by atoms with Crippen LogP contribution in [0.2, 0.25) is 5.02 Å². The number of hydrogen-bond acceptors (Lipinski definition) is 5. The Labute approximate surface area is 143 Å². The van der Waals surface area contributed by atoms with E-state index in [9.17, 15) is 14.9 Å². The van der Waals surface area contributed by atoms with Crippen LogP contribution in [0.15, 0.2) is 47.6 Å². The number of benzene rings is 2. The fraction of sp³-hybridized carbons (Fsp3) is 0.125. The summed E-state index contributed by atoms with van der Waals surface area (Å²) in [5.74, 6) is 0.169. The van der Waals surface area contributed by atoms with E-state index in [4.69, 9.17) is 16.3 Å². The quantitative estimate of drug-likeness (QED) is 0.493. The third kappa shape index (κ3) is 4.79. The summed E-state index contributed by atoms with van der Waals surface area (Å²) in [7, 11) is 0. The van der Waals surface area contributed by atoms with E-state index in [0.717, 1.165) is 5.56 Å². The second-order valence-electron chi connectivity index (χ2n) is 4.82. The molecule has 7 nitrogen and oxygen atoms in total. The minimum absolute atomic E-state index is 0.0350. The van der Waals surface area contributed by atoms with Crippen LogP contribution in [0.4, 0.5) is 5.69 Å². The van der Waals surface area contributed by atoms with Crippen molar-refractivity contribution >= 4 is 29.4 Å². The van der Waals surface area contributed by atoms with Crippen molar-refractivity contribution in [2.45, 2.75) is 6.92 Å². The summed E-state index contributed by atoms with van der Waals surface area (Å²) in [4.78, 5) is 21.9. The van der Waals surface area contributed by atoms with Crippen LogP contribution in [0.3, 0.4) is 0 Å². The summed E-state index contributed by atoms with van der Waals surface area (Å²) >= 11 is 5.72. The van der Waals surface area contributed by atoms with Crippen molar-refractivity contribution in [2.75, 3.05) is 6.61 Å². The molecule has 0 atom stereocenters. The lowest BCUT2D eigenvalue weighted by atomic mass is 10.2. The molecule has 0 radical (unpaired) electrons. The summed E-state index contributed by atoms with van der Waals surface area (Å²) in [6.07, 6.45) is 1.29. The molecule has 2 aromatic carbocycles. The largest absolute Gasteiger partial charge is 0.483 e. The monoisotopic (exact) mass is 347 g/mol. The maximum absolute atomic E-state index is 11.7. The van der Waals surface area contributed by atoms with Crippen LogP contribution in [0.25, 0.3) is 0 Å². The number of nitro benzene ring substituents is 1. The molecule has 124 valence electrons. The molecule has 0 bridgehead atoms. The van der Waals surface area contributed by atoms with Crippen LogP contribution in [-0.4, -0.2) is 23.7 Å². The summed E-state index contributed by atoms with van der Waals surface area (Å²) in [5, 5.41) is 14.6. The van der Waals surface area contributed by atoms with Gasteiger partial charge < -0.3 is 4.74 Å². The third-order valence-electron chi connectivity index (χ3n) is 3.02. The van der Waals surface area contributed by atoms with Crippen LogP contribution in [0.5, 0.6) is 5.75 Å². The zero-order valence-electron chi connectivity index (χ0n) is 12.7.